The van der Waals surface area contributed by atoms with Gasteiger partial charge >= 0.3 is 6.18 Å². The van der Waals surface area contributed by atoms with Crippen LogP contribution in [-0.2, 0) is 6.18 Å². The highest BCUT2D eigenvalue weighted by Crippen LogP contribution is 2.30. The van der Waals surface area contributed by atoms with Crippen molar-refractivity contribution in [2.45, 2.75) is 13.1 Å². The van der Waals surface area contributed by atoms with Crippen LogP contribution >= 0.6 is 0 Å². The molecule has 0 amide bonds. The standard InChI is InChI=1S/C13H10F3NO2/c1-8-4-10(18)6-11(5-8)19-12-3-2-9(7-17-12)13(14,15)16/h2-7,18H,1H3. The van der Waals surface area contributed by atoms with Crippen molar-refractivity contribution in [2.75, 3.05) is 0 Å². The first-order valence-electron chi connectivity index (χ1n) is 5.36. The Kier molecular flexibility index (Phi) is 3.33. The monoisotopic (exact) mass is 269 g/mol. The van der Waals surface area contributed by atoms with E-state index in [-0.39, 0.29) is 11.6 Å². The van der Waals surface area contributed by atoms with Crippen LogP contribution in [0.2, 0.25) is 0 Å². The van der Waals surface area contributed by atoms with E-state index in [2.05, 4.69) is 4.98 Å². The predicted octanol–water partition coefficient (Wildman–Crippen LogP) is 3.91. The Hall–Kier alpha value is -2.24. The molecule has 0 atom stereocenters. The molecule has 0 aliphatic heterocycles. The summed E-state index contributed by atoms with van der Waals surface area (Å²) in [5.41, 5.74) is -0.0751. The Morgan fingerprint density at radius 2 is 1.89 bits per heavy atom. The molecule has 0 bridgehead atoms. The fraction of sp³-hybridized carbons (Fsp3) is 0.154. The summed E-state index contributed by atoms with van der Waals surface area (Å²) in [5, 5.41) is 9.37. The first-order chi connectivity index (χ1) is 8.84. The van der Waals surface area contributed by atoms with Crippen LogP contribution in [0.4, 0.5) is 13.2 Å². The molecule has 1 N–H and O–H groups in total. The molecule has 0 saturated heterocycles. The quantitative estimate of drug-likeness (QED) is 0.898. The number of pyridine rings is 1. The van der Waals surface area contributed by atoms with Crippen LogP contribution in [0.25, 0.3) is 0 Å². The average Bonchev–Trinajstić information content (AvgIpc) is 2.26. The fourth-order valence-corrected chi connectivity index (χ4v) is 1.52. The minimum atomic E-state index is -4.42. The van der Waals surface area contributed by atoms with Gasteiger partial charge in [-0.3, -0.25) is 0 Å². The highest BCUT2D eigenvalue weighted by molar-refractivity contribution is 5.38. The molecule has 3 nitrogen and oxygen atoms in total. The summed E-state index contributed by atoms with van der Waals surface area (Å²) in [4.78, 5) is 3.58. The number of rotatable bonds is 2. The van der Waals surface area contributed by atoms with E-state index >= 15 is 0 Å². The molecule has 19 heavy (non-hydrogen) atoms. The maximum absolute atomic E-state index is 12.3. The molecule has 0 saturated carbocycles. The van der Waals surface area contributed by atoms with Gasteiger partial charge in [-0.1, -0.05) is 0 Å². The minimum absolute atomic E-state index is 0.0157. The third-order valence-corrected chi connectivity index (χ3v) is 2.32. The second kappa shape index (κ2) is 4.79. The zero-order valence-electron chi connectivity index (χ0n) is 9.90. The van der Waals surface area contributed by atoms with E-state index in [1.54, 1.807) is 13.0 Å². The predicted molar refractivity (Wildman–Crippen MR) is 62.2 cm³/mol. The summed E-state index contributed by atoms with van der Waals surface area (Å²) in [6.07, 6.45) is -3.72. The molecular weight excluding hydrogens is 259 g/mol. The molecule has 1 heterocycles. The molecular formula is C13H10F3NO2. The van der Waals surface area contributed by atoms with Crippen molar-refractivity contribution in [3.63, 3.8) is 0 Å². The van der Waals surface area contributed by atoms with Crippen molar-refractivity contribution in [1.29, 1.82) is 0 Å². The van der Waals surface area contributed by atoms with Gasteiger partial charge in [-0.05, 0) is 30.7 Å². The van der Waals surface area contributed by atoms with Crippen molar-refractivity contribution >= 4 is 0 Å². The van der Waals surface area contributed by atoms with Crippen molar-refractivity contribution < 1.29 is 23.0 Å². The first-order valence-corrected chi connectivity index (χ1v) is 5.36. The number of hydrogen-bond donors (Lipinski definition) is 1. The van der Waals surface area contributed by atoms with Crippen molar-refractivity contribution in [2.24, 2.45) is 0 Å². The van der Waals surface area contributed by atoms with Gasteiger partial charge in [0.2, 0.25) is 5.88 Å². The molecule has 2 aromatic rings. The molecule has 0 fully saturated rings. The number of hydrogen-bond acceptors (Lipinski definition) is 3. The number of alkyl halides is 3. The van der Waals surface area contributed by atoms with Crippen molar-refractivity contribution in [3.8, 4) is 17.4 Å². The highest BCUT2D eigenvalue weighted by Gasteiger charge is 2.30. The number of ether oxygens (including phenoxy) is 1. The molecule has 2 rings (SSSR count). The van der Waals surface area contributed by atoms with Crippen molar-refractivity contribution in [1.82, 2.24) is 4.98 Å². The Labute approximate surface area is 107 Å². The number of aryl methyl sites for hydroxylation is 1. The van der Waals surface area contributed by atoms with Crippen LogP contribution in [0.3, 0.4) is 0 Å². The van der Waals surface area contributed by atoms with Crippen molar-refractivity contribution in [3.05, 3.63) is 47.7 Å². The second-order valence-electron chi connectivity index (χ2n) is 3.99. The lowest BCUT2D eigenvalue weighted by atomic mass is 10.2. The summed E-state index contributed by atoms with van der Waals surface area (Å²) in [6.45, 7) is 1.76. The lowest BCUT2D eigenvalue weighted by Crippen LogP contribution is -2.05. The summed E-state index contributed by atoms with van der Waals surface area (Å²) >= 11 is 0. The number of phenolic OH excluding ortho intramolecular Hbond substituents is 1. The molecule has 1 aromatic carbocycles. The summed E-state index contributed by atoms with van der Waals surface area (Å²) in [6, 6.07) is 6.54. The molecule has 0 aliphatic rings. The number of phenols is 1. The molecule has 0 aliphatic carbocycles. The molecule has 0 unspecified atom stereocenters. The van der Waals surface area contributed by atoms with E-state index in [4.69, 9.17) is 4.74 Å². The second-order valence-corrected chi connectivity index (χ2v) is 3.99. The third-order valence-electron chi connectivity index (χ3n) is 2.32. The van der Waals surface area contributed by atoms with Gasteiger partial charge in [0.05, 0.1) is 5.56 Å². The zero-order valence-corrected chi connectivity index (χ0v) is 9.90. The zero-order chi connectivity index (χ0) is 14.0. The molecule has 0 radical (unpaired) electrons. The Morgan fingerprint density at radius 3 is 2.42 bits per heavy atom. The van der Waals surface area contributed by atoms with Crippen LogP contribution in [0.1, 0.15) is 11.1 Å². The number of aromatic hydroxyl groups is 1. The lowest BCUT2D eigenvalue weighted by molar-refractivity contribution is -0.137. The van der Waals surface area contributed by atoms with Crippen LogP contribution in [0, 0.1) is 6.92 Å². The van der Waals surface area contributed by atoms with E-state index in [0.717, 1.165) is 17.7 Å². The lowest BCUT2D eigenvalue weighted by Gasteiger charge is -2.08. The van der Waals surface area contributed by atoms with Gasteiger partial charge in [-0.25, -0.2) is 4.98 Å². The van der Waals surface area contributed by atoms with E-state index in [1.165, 1.54) is 12.1 Å². The van der Waals surface area contributed by atoms with Gasteiger partial charge in [0.25, 0.3) is 0 Å². The summed E-state index contributed by atoms with van der Waals surface area (Å²) in [5.74, 6) is 0.352. The van der Waals surface area contributed by atoms with Gasteiger partial charge in [0.15, 0.2) is 0 Å². The highest BCUT2D eigenvalue weighted by atomic mass is 19.4. The fourth-order valence-electron chi connectivity index (χ4n) is 1.52. The Bertz CT molecular complexity index is 559. The van der Waals surface area contributed by atoms with Gasteiger partial charge in [0.1, 0.15) is 11.5 Å². The van der Waals surface area contributed by atoms with Gasteiger partial charge in [-0.2, -0.15) is 13.2 Å². The van der Waals surface area contributed by atoms with Gasteiger partial charge < -0.3 is 9.84 Å². The Morgan fingerprint density at radius 1 is 1.16 bits per heavy atom. The number of halogens is 3. The number of nitrogens with zero attached hydrogens (tertiary/aromatic N) is 1. The van der Waals surface area contributed by atoms with E-state index in [0.29, 0.717) is 11.9 Å². The third kappa shape index (κ3) is 3.37. The molecule has 0 spiro atoms. The van der Waals surface area contributed by atoms with E-state index in [9.17, 15) is 18.3 Å². The van der Waals surface area contributed by atoms with Crippen LogP contribution in [0.15, 0.2) is 36.5 Å². The normalized spacial score (nSPS) is 11.4. The SMILES string of the molecule is Cc1cc(O)cc(Oc2ccc(C(F)(F)F)cn2)c1. The van der Waals surface area contributed by atoms with Crippen LogP contribution in [0.5, 0.6) is 17.4 Å². The number of aromatic nitrogens is 1. The maximum atomic E-state index is 12.3. The molecule has 6 heteroatoms. The summed E-state index contributed by atoms with van der Waals surface area (Å²) < 4.78 is 42.3. The smallest absolute Gasteiger partial charge is 0.417 e. The van der Waals surface area contributed by atoms with E-state index in [1.807, 2.05) is 0 Å². The maximum Gasteiger partial charge on any atom is 0.417 e. The van der Waals surface area contributed by atoms with Gasteiger partial charge in [-0.15, -0.1) is 0 Å². The minimum Gasteiger partial charge on any atom is -0.508 e. The van der Waals surface area contributed by atoms with E-state index < -0.39 is 11.7 Å². The average molecular weight is 269 g/mol. The largest absolute Gasteiger partial charge is 0.508 e. The topological polar surface area (TPSA) is 42.4 Å². The Balaban J connectivity index is 2.20. The first kappa shape index (κ1) is 13.2. The van der Waals surface area contributed by atoms with Gasteiger partial charge in [0, 0.05) is 18.3 Å². The number of benzene rings is 1. The molecule has 100 valence electrons. The van der Waals surface area contributed by atoms with Crippen LogP contribution in [-0.4, -0.2) is 10.1 Å². The summed E-state index contributed by atoms with van der Waals surface area (Å²) in [7, 11) is 0. The molecule has 1 aromatic heterocycles. The van der Waals surface area contributed by atoms with Crippen LogP contribution < -0.4 is 4.74 Å².